The average Bonchev–Trinajstić information content (AvgIpc) is 2.66. The molecule has 1 aromatic heterocycles. The molecule has 29 heavy (non-hydrogen) atoms. The van der Waals surface area contributed by atoms with Crippen molar-refractivity contribution < 1.29 is 19.1 Å². The van der Waals surface area contributed by atoms with Gasteiger partial charge >= 0.3 is 5.97 Å². The lowest BCUT2D eigenvalue weighted by Crippen LogP contribution is -2.14. The topological polar surface area (TPSA) is 104 Å². The zero-order valence-corrected chi connectivity index (χ0v) is 17.7. The van der Waals surface area contributed by atoms with Gasteiger partial charge in [0.25, 0.3) is 5.91 Å². The van der Waals surface area contributed by atoms with Crippen molar-refractivity contribution in [3.8, 4) is 5.75 Å². The molecule has 150 valence electrons. The minimum atomic E-state index is -0.618. The Morgan fingerprint density at radius 3 is 2.59 bits per heavy atom. The Kier molecular flexibility index (Phi) is 6.03. The zero-order chi connectivity index (χ0) is 21.1. The number of pyridine rings is 1. The van der Waals surface area contributed by atoms with Gasteiger partial charge < -0.3 is 20.5 Å². The van der Waals surface area contributed by atoms with Gasteiger partial charge in [0.05, 0.1) is 35.5 Å². The van der Waals surface area contributed by atoms with Crippen molar-refractivity contribution in [1.82, 2.24) is 4.98 Å². The highest BCUT2D eigenvalue weighted by Gasteiger charge is 2.16. The molecule has 1 heterocycles. The number of ether oxygens (including phenoxy) is 2. The number of carbonyl (C=O) groups is 2. The highest BCUT2D eigenvalue weighted by atomic mass is 79.9. The minimum absolute atomic E-state index is 0.0870. The van der Waals surface area contributed by atoms with Crippen LogP contribution in [0, 0.1) is 0 Å². The van der Waals surface area contributed by atoms with Crippen LogP contribution in [0.4, 0.5) is 11.4 Å². The summed E-state index contributed by atoms with van der Waals surface area (Å²) in [6.45, 7) is 3.77. The number of benzene rings is 2. The van der Waals surface area contributed by atoms with Gasteiger partial charge in [0.15, 0.2) is 0 Å². The lowest BCUT2D eigenvalue weighted by Gasteiger charge is -2.16. The first kappa shape index (κ1) is 20.6. The van der Waals surface area contributed by atoms with Gasteiger partial charge in [-0.3, -0.25) is 9.78 Å². The molecule has 0 bridgehead atoms. The molecule has 0 atom stereocenters. The van der Waals surface area contributed by atoms with Crippen molar-refractivity contribution in [2.75, 3.05) is 12.4 Å². The zero-order valence-electron chi connectivity index (χ0n) is 16.2. The molecule has 0 saturated heterocycles. The maximum absolute atomic E-state index is 12.1. The molecule has 0 aliphatic heterocycles. The van der Waals surface area contributed by atoms with Crippen LogP contribution in [0.2, 0.25) is 0 Å². The number of primary amides is 1. The van der Waals surface area contributed by atoms with Crippen LogP contribution in [0.1, 0.15) is 34.6 Å². The fourth-order valence-corrected chi connectivity index (χ4v) is 3.23. The van der Waals surface area contributed by atoms with E-state index in [0.717, 1.165) is 4.47 Å². The maximum Gasteiger partial charge on any atom is 0.338 e. The van der Waals surface area contributed by atoms with Gasteiger partial charge in [-0.15, -0.1) is 0 Å². The number of anilines is 2. The van der Waals surface area contributed by atoms with Crippen molar-refractivity contribution >= 4 is 50.1 Å². The van der Waals surface area contributed by atoms with Crippen LogP contribution >= 0.6 is 15.9 Å². The molecule has 1 amide bonds. The summed E-state index contributed by atoms with van der Waals surface area (Å²) in [5.41, 5.74) is 7.82. The van der Waals surface area contributed by atoms with E-state index in [9.17, 15) is 9.59 Å². The van der Waals surface area contributed by atoms with Crippen molar-refractivity contribution in [2.45, 2.75) is 20.0 Å². The molecular weight excluding hydrogens is 438 g/mol. The minimum Gasteiger partial charge on any atom is -0.491 e. The van der Waals surface area contributed by atoms with Gasteiger partial charge in [-0.1, -0.05) is 15.9 Å². The Morgan fingerprint density at radius 1 is 1.17 bits per heavy atom. The average molecular weight is 458 g/mol. The van der Waals surface area contributed by atoms with E-state index in [1.54, 1.807) is 18.2 Å². The molecule has 3 aromatic rings. The van der Waals surface area contributed by atoms with Gasteiger partial charge in [-0.05, 0) is 44.2 Å². The molecule has 0 unspecified atom stereocenters. The van der Waals surface area contributed by atoms with Gasteiger partial charge in [0, 0.05) is 27.8 Å². The van der Waals surface area contributed by atoms with Crippen LogP contribution in [-0.2, 0) is 4.74 Å². The van der Waals surface area contributed by atoms with Crippen LogP contribution in [0.15, 0.2) is 47.1 Å². The molecule has 0 aliphatic rings. The Hall–Kier alpha value is -3.13. The smallest absolute Gasteiger partial charge is 0.338 e. The van der Waals surface area contributed by atoms with E-state index in [4.69, 9.17) is 15.2 Å². The van der Waals surface area contributed by atoms with Crippen molar-refractivity contribution in [3.05, 3.63) is 58.2 Å². The van der Waals surface area contributed by atoms with E-state index in [1.165, 1.54) is 13.3 Å². The van der Waals surface area contributed by atoms with Gasteiger partial charge in [0.2, 0.25) is 0 Å². The van der Waals surface area contributed by atoms with Crippen LogP contribution < -0.4 is 15.8 Å². The molecule has 7 nitrogen and oxygen atoms in total. The number of amides is 1. The third-order valence-corrected chi connectivity index (χ3v) is 4.56. The van der Waals surface area contributed by atoms with E-state index in [0.29, 0.717) is 33.6 Å². The van der Waals surface area contributed by atoms with Crippen LogP contribution in [0.25, 0.3) is 10.9 Å². The number of halogens is 1. The molecule has 0 radical (unpaired) electrons. The summed E-state index contributed by atoms with van der Waals surface area (Å²) in [6.07, 6.45) is 1.34. The van der Waals surface area contributed by atoms with E-state index < -0.39 is 11.9 Å². The van der Waals surface area contributed by atoms with Crippen molar-refractivity contribution in [1.29, 1.82) is 0 Å². The predicted octanol–water partition coefficient (Wildman–Crippen LogP) is 4.41. The number of rotatable bonds is 6. The maximum atomic E-state index is 12.1. The number of nitrogens with two attached hydrogens (primary N) is 1. The monoisotopic (exact) mass is 457 g/mol. The second kappa shape index (κ2) is 8.48. The number of fused-ring (bicyclic) bond motifs is 1. The van der Waals surface area contributed by atoms with E-state index in [1.807, 2.05) is 32.0 Å². The second-order valence-corrected chi connectivity index (χ2v) is 7.52. The number of hydrogen-bond acceptors (Lipinski definition) is 6. The Morgan fingerprint density at radius 2 is 1.93 bits per heavy atom. The van der Waals surface area contributed by atoms with Crippen LogP contribution in [0.3, 0.4) is 0 Å². The van der Waals surface area contributed by atoms with Crippen molar-refractivity contribution in [2.24, 2.45) is 5.73 Å². The van der Waals surface area contributed by atoms with Gasteiger partial charge in [-0.2, -0.15) is 0 Å². The largest absolute Gasteiger partial charge is 0.491 e. The molecule has 2 aromatic carbocycles. The normalized spacial score (nSPS) is 10.8. The van der Waals surface area contributed by atoms with Crippen LogP contribution in [0.5, 0.6) is 5.75 Å². The second-order valence-electron chi connectivity index (χ2n) is 6.60. The summed E-state index contributed by atoms with van der Waals surface area (Å²) in [7, 11) is 1.31. The molecule has 0 aliphatic carbocycles. The number of carbonyl (C=O) groups excluding carboxylic acids is 2. The Bertz CT molecular complexity index is 1100. The van der Waals surface area contributed by atoms with Gasteiger partial charge in [-0.25, -0.2) is 4.79 Å². The number of nitrogens with zero attached hydrogens (tertiary/aromatic N) is 1. The fraction of sp³-hybridized carbons (Fsp3) is 0.190. The lowest BCUT2D eigenvalue weighted by atomic mass is 10.1. The van der Waals surface area contributed by atoms with Crippen molar-refractivity contribution in [3.63, 3.8) is 0 Å². The highest BCUT2D eigenvalue weighted by molar-refractivity contribution is 9.10. The third-order valence-electron chi connectivity index (χ3n) is 4.07. The molecular formula is C21H20BrN3O4. The summed E-state index contributed by atoms with van der Waals surface area (Å²) in [5, 5.41) is 3.91. The summed E-state index contributed by atoms with van der Waals surface area (Å²) >= 11 is 3.42. The standard InChI is InChI=1S/C21H20BrN3O4/c1-11(2)29-15-7-12(21(27)28-3)6-14(9-15)25-19-16-5-4-13(22)8-18(16)24-10-17(19)20(23)26/h4-11H,1-3H3,(H2,23,26)(H,24,25). The number of nitrogens with one attached hydrogen (secondary N) is 1. The number of hydrogen-bond donors (Lipinski definition) is 2. The summed E-state index contributed by atoms with van der Waals surface area (Å²) in [6, 6.07) is 10.5. The molecule has 0 saturated carbocycles. The molecule has 0 fully saturated rings. The van der Waals surface area contributed by atoms with Crippen LogP contribution in [-0.4, -0.2) is 30.1 Å². The summed E-state index contributed by atoms with van der Waals surface area (Å²) in [4.78, 5) is 28.4. The van der Waals surface area contributed by atoms with E-state index in [2.05, 4.69) is 26.2 Å². The first-order chi connectivity index (χ1) is 13.8. The molecule has 0 spiro atoms. The number of methoxy groups -OCH3 is 1. The highest BCUT2D eigenvalue weighted by Crippen LogP contribution is 2.32. The molecule has 8 heteroatoms. The number of esters is 1. The van der Waals surface area contributed by atoms with E-state index in [-0.39, 0.29) is 11.7 Å². The summed E-state index contributed by atoms with van der Waals surface area (Å²) in [5.74, 6) is -0.624. The number of aromatic nitrogens is 1. The summed E-state index contributed by atoms with van der Waals surface area (Å²) < 4.78 is 11.4. The first-order valence-electron chi connectivity index (χ1n) is 8.83. The van der Waals surface area contributed by atoms with E-state index >= 15 is 0 Å². The Balaban J connectivity index is 2.15. The van der Waals surface area contributed by atoms with Gasteiger partial charge in [0.1, 0.15) is 5.75 Å². The lowest BCUT2D eigenvalue weighted by molar-refractivity contribution is 0.0600. The SMILES string of the molecule is COC(=O)c1cc(Nc2c(C(N)=O)cnc3cc(Br)ccc23)cc(OC(C)C)c1. The fourth-order valence-electron chi connectivity index (χ4n) is 2.88. The molecule has 3 rings (SSSR count). The third kappa shape index (κ3) is 4.65. The quantitative estimate of drug-likeness (QED) is 0.531. The predicted molar refractivity (Wildman–Crippen MR) is 115 cm³/mol. The molecule has 3 N–H and O–H groups in total. The Labute approximate surface area is 176 Å². The first-order valence-corrected chi connectivity index (χ1v) is 9.63.